The van der Waals surface area contributed by atoms with Crippen LogP contribution in [-0.4, -0.2) is 44.9 Å². The Balaban J connectivity index is 2.46. The van der Waals surface area contributed by atoms with Crippen LogP contribution in [0.1, 0.15) is 28.8 Å². The summed E-state index contributed by atoms with van der Waals surface area (Å²) in [6, 6.07) is 4.38. The van der Waals surface area contributed by atoms with E-state index in [1.165, 1.54) is 17.5 Å². The van der Waals surface area contributed by atoms with Crippen LogP contribution >= 0.6 is 0 Å². The number of nitrogens with zero attached hydrogens (tertiary/aromatic N) is 1. The quantitative estimate of drug-likeness (QED) is 0.834. The Morgan fingerprint density at radius 3 is 2.81 bits per heavy atom. The van der Waals surface area contributed by atoms with Crippen LogP contribution in [0.5, 0.6) is 0 Å². The van der Waals surface area contributed by atoms with Gasteiger partial charge in [0.1, 0.15) is 0 Å². The minimum Gasteiger partial charge on any atom is -0.465 e. The third-order valence-corrected chi connectivity index (χ3v) is 5.88. The number of rotatable bonds is 4. The summed E-state index contributed by atoms with van der Waals surface area (Å²) < 4.78 is 31.7. The van der Waals surface area contributed by atoms with E-state index in [0.29, 0.717) is 18.7 Å². The fourth-order valence-electron chi connectivity index (χ4n) is 2.61. The number of hydrogen-bond donors (Lipinski definition) is 1. The Kier molecular flexibility index (Phi) is 4.65. The van der Waals surface area contributed by atoms with E-state index in [-0.39, 0.29) is 16.5 Å². The van der Waals surface area contributed by atoms with Crippen molar-refractivity contribution in [2.45, 2.75) is 30.7 Å². The van der Waals surface area contributed by atoms with Gasteiger partial charge in [0, 0.05) is 19.1 Å². The number of ether oxygens (including phenoxy) is 1. The van der Waals surface area contributed by atoms with E-state index in [0.717, 1.165) is 12.8 Å². The first-order chi connectivity index (χ1) is 9.91. The van der Waals surface area contributed by atoms with Crippen molar-refractivity contribution < 1.29 is 17.9 Å². The topological polar surface area (TPSA) is 89.7 Å². The molecule has 1 aromatic carbocycles. The Labute approximate surface area is 124 Å². The SMILES string of the molecule is COC(=O)c1ccc(C)c(S(=O)(=O)N2CCCC2CN)c1. The van der Waals surface area contributed by atoms with E-state index in [4.69, 9.17) is 5.73 Å². The molecule has 1 fully saturated rings. The maximum absolute atomic E-state index is 12.8. The van der Waals surface area contributed by atoms with Crippen molar-refractivity contribution in [2.75, 3.05) is 20.2 Å². The highest BCUT2D eigenvalue weighted by atomic mass is 32.2. The van der Waals surface area contributed by atoms with Gasteiger partial charge >= 0.3 is 5.97 Å². The van der Waals surface area contributed by atoms with Crippen LogP contribution in [0.2, 0.25) is 0 Å². The number of sulfonamides is 1. The number of methoxy groups -OCH3 is 1. The highest BCUT2D eigenvalue weighted by Crippen LogP contribution is 2.28. The van der Waals surface area contributed by atoms with Gasteiger partial charge in [-0.1, -0.05) is 6.07 Å². The molecular formula is C14H20N2O4S. The van der Waals surface area contributed by atoms with Gasteiger partial charge in [0.2, 0.25) is 10.0 Å². The van der Waals surface area contributed by atoms with Gasteiger partial charge in [0.15, 0.2) is 0 Å². The van der Waals surface area contributed by atoms with Crippen LogP contribution in [0.3, 0.4) is 0 Å². The van der Waals surface area contributed by atoms with Crippen LogP contribution in [0, 0.1) is 6.92 Å². The van der Waals surface area contributed by atoms with E-state index in [9.17, 15) is 13.2 Å². The predicted molar refractivity (Wildman–Crippen MR) is 78.5 cm³/mol. The molecule has 1 atom stereocenters. The highest BCUT2D eigenvalue weighted by Gasteiger charge is 2.35. The third-order valence-electron chi connectivity index (χ3n) is 3.79. The number of nitrogens with two attached hydrogens (primary N) is 1. The zero-order chi connectivity index (χ0) is 15.6. The Hall–Kier alpha value is -1.44. The number of benzene rings is 1. The van der Waals surface area contributed by atoms with Gasteiger partial charge in [0.05, 0.1) is 17.6 Å². The summed E-state index contributed by atoms with van der Waals surface area (Å²) in [7, 11) is -2.38. The molecule has 6 nitrogen and oxygen atoms in total. The first kappa shape index (κ1) is 15.9. The summed E-state index contributed by atoms with van der Waals surface area (Å²) in [5.74, 6) is -0.553. The second-order valence-electron chi connectivity index (χ2n) is 5.12. The molecule has 1 unspecified atom stereocenters. The van der Waals surface area contributed by atoms with Crippen LogP contribution < -0.4 is 5.73 Å². The first-order valence-corrected chi connectivity index (χ1v) is 8.26. The fraction of sp³-hybridized carbons (Fsp3) is 0.500. The third kappa shape index (κ3) is 2.95. The minimum atomic E-state index is -3.65. The van der Waals surface area contributed by atoms with Gasteiger partial charge in [-0.2, -0.15) is 4.31 Å². The maximum atomic E-state index is 12.8. The monoisotopic (exact) mass is 312 g/mol. The van der Waals surface area contributed by atoms with Gasteiger partial charge in [-0.15, -0.1) is 0 Å². The summed E-state index contributed by atoms with van der Waals surface area (Å²) in [5.41, 5.74) is 6.49. The Morgan fingerprint density at radius 1 is 1.48 bits per heavy atom. The van der Waals surface area contributed by atoms with Crippen molar-refractivity contribution >= 4 is 16.0 Å². The highest BCUT2D eigenvalue weighted by molar-refractivity contribution is 7.89. The molecule has 0 bridgehead atoms. The van der Waals surface area contributed by atoms with E-state index >= 15 is 0 Å². The zero-order valence-corrected chi connectivity index (χ0v) is 13.0. The molecule has 7 heteroatoms. The number of esters is 1. The Morgan fingerprint density at radius 2 is 2.19 bits per heavy atom. The molecule has 1 aliphatic heterocycles. The van der Waals surface area contributed by atoms with E-state index < -0.39 is 16.0 Å². The molecular weight excluding hydrogens is 292 g/mol. The molecule has 21 heavy (non-hydrogen) atoms. The standard InChI is InChI=1S/C14H20N2O4S/c1-10-5-6-11(14(17)20-2)8-13(10)21(18,19)16-7-3-4-12(16)9-15/h5-6,8,12H,3-4,7,9,15H2,1-2H3. The molecule has 0 saturated carbocycles. The van der Waals surface area contributed by atoms with E-state index in [2.05, 4.69) is 4.74 Å². The molecule has 0 aromatic heterocycles. The van der Waals surface area contributed by atoms with Crippen molar-refractivity contribution in [3.8, 4) is 0 Å². The lowest BCUT2D eigenvalue weighted by molar-refractivity contribution is 0.0600. The molecule has 1 saturated heterocycles. The van der Waals surface area contributed by atoms with Crippen molar-refractivity contribution in [3.05, 3.63) is 29.3 Å². The first-order valence-electron chi connectivity index (χ1n) is 6.82. The van der Waals surface area contributed by atoms with Crippen LogP contribution in [-0.2, 0) is 14.8 Å². The molecule has 1 aromatic rings. The molecule has 0 aliphatic carbocycles. The van der Waals surface area contributed by atoms with Crippen molar-refractivity contribution in [1.82, 2.24) is 4.31 Å². The molecule has 116 valence electrons. The van der Waals surface area contributed by atoms with Crippen molar-refractivity contribution in [2.24, 2.45) is 5.73 Å². The second-order valence-corrected chi connectivity index (χ2v) is 6.98. The van der Waals surface area contributed by atoms with Gasteiger partial charge in [0.25, 0.3) is 0 Å². The lowest BCUT2D eigenvalue weighted by Crippen LogP contribution is -2.40. The number of carbonyl (C=O) groups is 1. The summed E-state index contributed by atoms with van der Waals surface area (Å²) in [6.45, 7) is 2.47. The van der Waals surface area contributed by atoms with E-state index in [1.807, 2.05) is 0 Å². The molecule has 0 spiro atoms. The molecule has 2 N–H and O–H groups in total. The Bertz CT molecular complexity index is 642. The normalized spacial score (nSPS) is 19.7. The average Bonchev–Trinajstić information content (AvgIpc) is 2.96. The lowest BCUT2D eigenvalue weighted by atomic mass is 10.1. The lowest BCUT2D eigenvalue weighted by Gasteiger charge is -2.24. The average molecular weight is 312 g/mol. The van der Waals surface area contributed by atoms with Gasteiger partial charge in [-0.05, 0) is 37.5 Å². The van der Waals surface area contributed by atoms with Gasteiger partial charge in [-0.25, -0.2) is 13.2 Å². The smallest absolute Gasteiger partial charge is 0.337 e. The van der Waals surface area contributed by atoms with Crippen LogP contribution in [0.25, 0.3) is 0 Å². The number of carbonyl (C=O) groups excluding carboxylic acids is 1. The van der Waals surface area contributed by atoms with Crippen molar-refractivity contribution in [3.63, 3.8) is 0 Å². The molecule has 2 rings (SSSR count). The summed E-state index contributed by atoms with van der Waals surface area (Å²) in [4.78, 5) is 11.7. The second kappa shape index (κ2) is 6.13. The van der Waals surface area contributed by atoms with E-state index in [1.54, 1.807) is 19.1 Å². The minimum absolute atomic E-state index is 0.144. The van der Waals surface area contributed by atoms with Crippen LogP contribution in [0.15, 0.2) is 23.1 Å². The zero-order valence-electron chi connectivity index (χ0n) is 12.2. The predicted octanol–water partition coefficient (Wildman–Crippen LogP) is 0.893. The largest absolute Gasteiger partial charge is 0.465 e. The number of hydrogen-bond acceptors (Lipinski definition) is 5. The number of aryl methyl sites for hydroxylation is 1. The molecule has 0 radical (unpaired) electrons. The van der Waals surface area contributed by atoms with Crippen LogP contribution in [0.4, 0.5) is 0 Å². The summed E-state index contributed by atoms with van der Waals surface area (Å²) >= 11 is 0. The summed E-state index contributed by atoms with van der Waals surface area (Å²) in [5, 5.41) is 0. The van der Waals surface area contributed by atoms with Gasteiger partial charge < -0.3 is 10.5 Å². The fourth-order valence-corrected chi connectivity index (χ4v) is 4.57. The molecule has 0 amide bonds. The summed E-state index contributed by atoms with van der Waals surface area (Å²) in [6.07, 6.45) is 1.57. The molecule has 1 aliphatic rings. The maximum Gasteiger partial charge on any atom is 0.337 e. The van der Waals surface area contributed by atoms with Gasteiger partial charge in [-0.3, -0.25) is 0 Å². The molecule has 1 heterocycles. The van der Waals surface area contributed by atoms with Crippen molar-refractivity contribution in [1.29, 1.82) is 0 Å².